The molecule has 41 heavy (non-hydrogen) atoms. The van der Waals surface area contributed by atoms with Gasteiger partial charge < -0.3 is 24.3 Å². The van der Waals surface area contributed by atoms with Gasteiger partial charge in [-0.1, -0.05) is 6.07 Å². The fourth-order valence-corrected chi connectivity index (χ4v) is 5.48. The largest absolute Gasteiger partial charge is 0.497 e. The van der Waals surface area contributed by atoms with Gasteiger partial charge in [-0.2, -0.15) is 5.10 Å². The third-order valence-corrected chi connectivity index (χ3v) is 7.37. The number of hydrazone groups is 1. The molecule has 0 aliphatic heterocycles. The minimum Gasteiger partial charge on any atom is -0.497 e. The molecule has 11 nitrogen and oxygen atoms in total. The van der Waals surface area contributed by atoms with Crippen molar-refractivity contribution < 1.29 is 38.1 Å². The third kappa shape index (κ3) is 7.09. The van der Waals surface area contributed by atoms with Crippen LogP contribution in [0.2, 0.25) is 0 Å². The molecule has 0 bridgehead atoms. The smallest absolute Gasteiger partial charge is 0.343 e. The molecule has 0 fully saturated rings. The van der Waals surface area contributed by atoms with Crippen LogP contribution in [0.4, 0.5) is 5.00 Å². The summed E-state index contributed by atoms with van der Waals surface area (Å²) in [4.78, 5) is 51.2. The van der Waals surface area contributed by atoms with Crippen molar-refractivity contribution in [1.82, 2.24) is 5.43 Å². The molecule has 1 aliphatic carbocycles. The summed E-state index contributed by atoms with van der Waals surface area (Å²) in [5, 5.41) is 6.67. The predicted octanol–water partition coefficient (Wildman–Crippen LogP) is 4.13. The van der Waals surface area contributed by atoms with Gasteiger partial charge in [-0.05, 0) is 80.1 Å². The Hall–Kier alpha value is -4.71. The first kappa shape index (κ1) is 29.3. The monoisotopic (exact) mass is 579 g/mol. The summed E-state index contributed by atoms with van der Waals surface area (Å²) in [5.41, 5.74) is 4.16. The van der Waals surface area contributed by atoms with Crippen LogP contribution in [0.1, 0.15) is 56.5 Å². The average molecular weight is 580 g/mol. The molecule has 1 heterocycles. The highest BCUT2D eigenvalue weighted by molar-refractivity contribution is 7.17. The molecule has 1 aliphatic rings. The Morgan fingerprint density at radius 1 is 0.951 bits per heavy atom. The lowest BCUT2D eigenvalue weighted by Gasteiger charge is -2.12. The van der Waals surface area contributed by atoms with Gasteiger partial charge >= 0.3 is 23.8 Å². The first-order valence-corrected chi connectivity index (χ1v) is 13.7. The fraction of sp³-hybridized carbons (Fsp3) is 0.276. The highest BCUT2D eigenvalue weighted by Gasteiger charge is 2.28. The molecule has 0 saturated heterocycles. The molecule has 0 atom stereocenters. The van der Waals surface area contributed by atoms with E-state index in [-0.39, 0.29) is 18.1 Å². The van der Waals surface area contributed by atoms with E-state index in [4.69, 9.17) is 18.9 Å². The van der Waals surface area contributed by atoms with Crippen LogP contribution in [0, 0.1) is 0 Å². The number of anilines is 1. The van der Waals surface area contributed by atoms with Crippen LogP contribution < -0.4 is 25.0 Å². The van der Waals surface area contributed by atoms with Crippen molar-refractivity contribution in [3.63, 3.8) is 0 Å². The number of nitrogens with zero attached hydrogens (tertiary/aromatic N) is 1. The molecule has 12 heteroatoms. The highest BCUT2D eigenvalue weighted by atomic mass is 32.1. The SMILES string of the molecule is CCOC(=O)c1c(NC(=O)C(=O)NN=Cc2ccc(OC(=O)c3cccc(OC)c3)c(OC)c2)sc2c1CCCC2. The highest BCUT2D eigenvalue weighted by Crippen LogP contribution is 2.38. The van der Waals surface area contributed by atoms with Crippen LogP contribution in [-0.2, 0) is 27.2 Å². The summed E-state index contributed by atoms with van der Waals surface area (Å²) in [6.45, 7) is 1.90. The lowest BCUT2D eigenvalue weighted by molar-refractivity contribution is -0.136. The standard InChI is InChI=1S/C29H29N3O8S/c1-4-39-29(36)24-20-10-5-6-11-23(20)41-27(24)31-25(33)26(34)32-30-16-17-12-13-21(22(14-17)38-3)40-28(35)18-8-7-9-19(15-18)37-2/h7-9,12-16H,4-6,10-11H2,1-3H3,(H,31,33)(H,32,34). The molecular formula is C29H29N3O8S. The number of amides is 2. The van der Waals surface area contributed by atoms with Crippen molar-refractivity contribution in [2.24, 2.45) is 5.10 Å². The fourth-order valence-electron chi connectivity index (χ4n) is 4.21. The number of carbonyl (C=O) groups excluding carboxylic acids is 4. The number of thiophene rings is 1. The van der Waals surface area contributed by atoms with E-state index in [0.29, 0.717) is 27.4 Å². The maximum absolute atomic E-state index is 12.6. The van der Waals surface area contributed by atoms with Crippen LogP contribution in [0.25, 0.3) is 0 Å². The van der Waals surface area contributed by atoms with Gasteiger partial charge in [-0.15, -0.1) is 11.3 Å². The van der Waals surface area contributed by atoms with Crippen LogP contribution >= 0.6 is 11.3 Å². The van der Waals surface area contributed by atoms with E-state index in [2.05, 4.69) is 15.8 Å². The Bertz CT molecular complexity index is 1500. The van der Waals surface area contributed by atoms with Crippen molar-refractivity contribution in [3.8, 4) is 17.2 Å². The number of rotatable bonds is 9. The lowest BCUT2D eigenvalue weighted by atomic mass is 9.95. The Labute approximate surface area is 240 Å². The summed E-state index contributed by atoms with van der Waals surface area (Å²) < 4.78 is 21.1. The third-order valence-electron chi connectivity index (χ3n) is 6.16. The van der Waals surface area contributed by atoms with Gasteiger partial charge in [0.15, 0.2) is 11.5 Å². The van der Waals surface area contributed by atoms with Crippen molar-refractivity contribution in [1.29, 1.82) is 0 Å². The van der Waals surface area contributed by atoms with Crippen molar-refractivity contribution >= 4 is 46.3 Å². The van der Waals surface area contributed by atoms with Gasteiger partial charge in [0.05, 0.1) is 38.2 Å². The van der Waals surface area contributed by atoms with E-state index in [1.807, 2.05) is 0 Å². The second-order valence-electron chi connectivity index (χ2n) is 8.82. The molecule has 4 rings (SSSR count). The van der Waals surface area contributed by atoms with E-state index in [0.717, 1.165) is 36.1 Å². The second kappa shape index (κ2) is 13.6. The first-order valence-electron chi connectivity index (χ1n) is 12.8. The lowest BCUT2D eigenvalue weighted by Crippen LogP contribution is -2.32. The zero-order valence-electron chi connectivity index (χ0n) is 22.8. The molecule has 214 valence electrons. The number of ether oxygens (including phenoxy) is 4. The molecule has 0 radical (unpaired) electrons. The zero-order valence-corrected chi connectivity index (χ0v) is 23.6. The van der Waals surface area contributed by atoms with Crippen molar-refractivity contribution in [2.75, 3.05) is 26.1 Å². The van der Waals surface area contributed by atoms with E-state index in [9.17, 15) is 19.2 Å². The quantitative estimate of drug-likeness (QED) is 0.127. The molecule has 1 aromatic heterocycles. The number of fused-ring (bicyclic) bond motifs is 1. The topological polar surface area (TPSA) is 142 Å². The van der Waals surface area contributed by atoms with Crippen LogP contribution in [-0.4, -0.2) is 50.8 Å². The number of hydrogen-bond donors (Lipinski definition) is 2. The average Bonchev–Trinajstić information content (AvgIpc) is 3.35. The molecular weight excluding hydrogens is 550 g/mol. The van der Waals surface area contributed by atoms with Gasteiger partial charge in [0, 0.05) is 4.88 Å². The summed E-state index contributed by atoms with van der Waals surface area (Å²) >= 11 is 1.29. The number of esters is 2. The molecule has 2 aromatic carbocycles. The molecule has 2 amide bonds. The van der Waals surface area contributed by atoms with E-state index in [1.165, 1.54) is 37.8 Å². The zero-order chi connectivity index (χ0) is 29.4. The van der Waals surface area contributed by atoms with E-state index < -0.39 is 23.8 Å². The normalized spacial score (nSPS) is 12.3. The van der Waals surface area contributed by atoms with Crippen LogP contribution in [0.3, 0.4) is 0 Å². The maximum Gasteiger partial charge on any atom is 0.343 e. The Balaban J connectivity index is 1.39. The Morgan fingerprint density at radius 3 is 2.51 bits per heavy atom. The molecule has 3 aromatic rings. The number of hydrogen-bond acceptors (Lipinski definition) is 10. The van der Waals surface area contributed by atoms with Gasteiger partial charge in [-0.3, -0.25) is 9.59 Å². The molecule has 2 N–H and O–H groups in total. The first-order chi connectivity index (χ1) is 19.8. The Kier molecular flexibility index (Phi) is 9.69. The van der Waals surface area contributed by atoms with E-state index >= 15 is 0 Å². The minimum atomic E-state index is -1.02. The predicted molar refractivity (Wildman–Crippen MR) is 152 cm³/mol. The van der Waals surface area contributed by atoms with E-state index in [1.54, 1.807) is 43.3 Å². The summed E-state index contributed by atoms with van der Waals surface area (Å²) in [5.74, 6) is -2.16. The van der Waals surface area contributed by atoms with Crippen LogP contribution in [0.15, 0.2) is 47.6 Å². The van der Waals surface area contributed by atoms with Gasteiger partial charge in [0.1, 0.15) is 10.8 Å². The molecule has 0 spiro atoms. The van der Waals surface area contributed by atoms with Gasteiger partial charge in [0.2, 0.25) is 0 Å². The van der Waals surface area contributed by atoms with Gasteiger partial charge in [0.25, 0.3) is 0 Å². The number of methoxy groups -OCH3 is 2. The number of nitrogens with one attached hydrogen (secondary N) is 2. The maximum atomic E-state index is 12.6. The van der Waals surface area contributed by atoms with Crippen LogP contribution in [0.5, 0.6) is 17.2 Å². The summed E-state index contributed by atoms with van der Waals surface area (Å²) in [6.07, 6.45) is 4.76. The van der Waals surface area contributed by atoms with Gasteiger partial charge in [-0.25, -0.2) is 15.0 Å². The van der Waals surface area contributed by atoms with Crippen molar-refractivity contribution in [3.05, 3.63) is 69.6 Å². The van der Waals surface area contributed by atoms with Crippen molar-refractivity contribution in [2.45, 2.75) is 32.6 Å². The Morgan fingerprint density at radius 2 is 1.76 bits per heavy atom. The second-order valence-corrected chi connectivity index (χ2v) is 9.93. The molecule has 0 saturated carbocycles. The number of aryl methyl sites for hydroxylation is 1. The minimum absolute atomic E-state index is 0.178. The summed E-state index contributed by atoms with van der Waals surface area (Å²) in [7, 11) is 2.92. The number of carbonyl (C=O) groups is 4. The number of benzene rings is 2. The molecule has 0 unspecified atom stereocenters. The summed E-state index contributed by atoms with van der Waals surface area (Å²) in [6, 6.07) is 11.2.